The van der Waals surface area contributed by atoms with Crippen molar-refractivity contribution in [2.45, 2.75) is 24.9 Å². The zero-order valence-corrected chi connectivity index (χ0v) is 11.7. The van der Waals surface area contributed by atoms with Crippen LogP contribution in [0.5, 0.6) is 5.75 Å². The summed E-state index contributed by atoms with van der Waals surface area (Å²) in [5, 5.41) is 3.33. The molecule has 19 heavy (non-hydrogen) atoms. The van der Waals surface area contributed by atoms with Gasteiger partial charge in [0.1, 0.15) is 11.4 Å². The van der Waals surface area contributed by atoms with E-state index in [4.69, 9.17) is 4.74 Å². The van der Waals surface area contributed by atoms with Gasteiger partial charge in [0.25, 0.3) is 0 Å². The van der Waals surface area contributed by atoms with Crippen LogP contribution >= 0.6 is 0 Å². The molecule has 0 aromatic heterocycles. The molecule has 5 nitrogen and oxygen atoms in total. The van der Waals surface area contributed by atoms with Gasteiger partial charge < -0.3 is 10.1 Å². The standard InChI is InChI=1S/C13H18N2O3S/c1-19(16,17)15-11-2-3-12-10(8-11)9-13(18-12)4-6-14-7-5-13/h2-3,8,14-15H,4-7,9H2,1H3. The SMILES string of the molecule is CS(=O)(=O)Nc1ccc2c(c1)CC1(CCNCC1)O2. The molecule has 2 aliphatic heterocycles. The summed E-state index contributed by atoms with van der Waals surface area (Å²) in [5.41, 5.74) is 1.61. The number of ether oxygens (including phenoxy) is 1. The predicted molar refractivity (Wildman–Crippen MR) is 74.1 cm³/mol. The lowest BCUT2D eigenvalue weighted by molar-refractivity contribution is 0.0600. The minimum atomic E-state index is -3.23. The summed E-state index contributed by atoms with van der Waals surface area (Å²) in [6.45, 7) is 1.95. The van der Waals surface area contributed by atoms with Crippen LogP contribution in [0.3, 0.4) is 0 Å². The van der Waals surface area contributed by atoms with Gasteiger partial charge in [-0.15, -0.1) is 0 Å². The maximum atomic E-state index is 11.2. The summed E-state index contributed by atoms with van der Waals surface area (Å²) < 4.78 is 31.1. The van der Waals surface area contributed by atoms with Crippen LogP contribution in [0.1, 0.15) is 18.4 Å². The van der Waals surface area contributed by atoms with E-state index in [2.05, 4.69) is 10.0 Å². The highest BCUT2D eigenvalue weighted by atomic mass is 32.2. The molecule has 1 fully saturated rings. The largest absolute Gasteiger partial charge is 0.487 e. The lowest BCUT2D eigenvalue weighted by Crippen LogP contribution is -2.45. The highest BCUT2D eigenvalue weighted by Gasteiger charge is 2.40. The number of benzene rings is 1. The highest BCUT2D eigenvalue weighted by molar-refractivity contribution is 7.92. The van der Waals surface area contributed by atoms with Gasteiger partial charge in [-0.05, 0) is 44.1 Å². The molecule has 2 aliphatic rings. The Morgan fingerprint density at radius 1 is 1.32 bits per heavy atom. The van der Waals surface area contributed by atoms with Gasteiger partial charge in [0, 0.05) is 17.7 Å². The van der Waals surface area contributed by atoms with E-state index in [0.717, 1.165) is 49.9 Å². The molecule has 2 heterocycles. The fraction of sp³-hybridized carbons (Fsp3) is 0.538. The first-order valence-electron chi connectivity index (χ1n) is 6.46. The maximum Gasteiger partial charge on any atom is 0.229 e. The molecule has 3 rings (SSSR count). The van der Waals surface area contributed by atoms with E-state index in [-0.39, 0.29) is 5.60 Å². The number of hydrogen-bond donors (Lipinski definition) is 2. The zero-order valence-electron chi connectivity index (χ0n) is 10.9. The molecule has 0 unspecified atom stereocenters. The van der Waals surface area contributed by atoms with Gasteiger partial charge in [0.05, 0.1) is 6.26 Å². The second-order valence-electron chi connectivity index (χ2n) is 5.41. The lowest BCUT2D eigenvalue weighted by Gasteiger charge is -2.33. The van der Waals surface area contributed by atoms with Crippen molar-refractivity contribution in [2.24, 2.45) is 0 Å². The third-order valence-electron chi connectivity index (χ3n) is 3.72. The van der Waals surface area contributed by atoms with E-state index in [0.29, 0.717) is 5.69 Å². The maximum absolute atomic E-state index is 11.2. The van der Waals surface area contributed by atoms with Crippen LogP contribution in [0.2, 0.25) is 0 Å². The van der Waals surface area contributed by atoms with Gasteiger partial charge in [-0.1, -0.05) is 0 Å². The first-order chi connectivity index (χ1) is 8.96. The molecule has 104 valence electrons. The van der Waals surface area contributed by atoms with Crippen molar-refractivity contribution in [2.75, 3.05) is 24.1 Å². The Bertz CT molecular complexity index is 592. The molecule has 0 atom stereocenters. The van der Waals surface area contributed by atoms with Crippen molar-refractivity contribution in [1.82, 2.24) is 5.32 Å². The fourth-order valence-electron chi connectivity index (χ4n) is 2.87. The summed E-state index contributed by atoms with van der Waals surface area (Å²) in [6.07, 6.45) is 4.02. The monoisotopic (exact) mass is 282 g/mol. The number of fused-ring (bicyclic) bond motifs is 1. The Balaban J connectivity index is 1.83. The number of piperidine rings is 1. The van der Waals surface area contributed by atoms with Crippen molar-refractivity contribution in [3.05, 3.63) is 23.8 Å². The quantitative estimate of drug-likeness (QED) is 0.853. The van der Waals surface area contributed by atoms with Crippen LogP contribution in [0, 0.1) is 0 Å². The average molecular weight is 282 g/mol. The smallest absolute Gasteiger partial charge is 0.229 e. The molecule has 0 radical (unpaired) electrons. The molecule has 0 saturated carbocycles. The van der Waals surface area contributed by atoms with Gasteiger partial charge in [-0.2, -0.15) is 0 Å². The highest BCUT2D eigenvalue weighted by Crippen LogP contribution is 2.41. The van der Waals surface area contributed by atoms with Gasteiger partial charge in [0.2, 0.25) is 10.0 Å². The average Bonchev–Trinajstić information content (AvgIpc) is 2.64. The van der Waals surface area contributed by atoms with E-state index < -0.39 is 10.0 Å². The number of sulfonamides is 1. The zero-order chi connectivity index (χ0) is 13.5. The summed E-state index contributed by atoms with van der Waals surface area (Å²) in [7, 11) is -3.23. The third-order valence-corrected chi connectivity index (χ3v) is 4.32. The summed E-state index contributed by atoms with van der Waals surface area (Å²) in [6, 6.07) is 5.49. The van der Waals surface area contributed by atoms with Gasteiger partial charge >= 0.3 is 0 Å². The fourth-order valence-corrected chi connectivity index (χ4v) is 3.43. The third kappa shape index (κ3) is 2.69. The molecule has 1 spiro atoms. The van der Waals surface area contributed by atoms with E-state index >= 15 is 0 Å². The van der Waals surface area contributed by atoms with Crippen molar-refractivity contribution in [3.8, 4) is 5.75 Å². The Kier molecular flexibility index (Phi) is 2.94. The van der Waals surface area contributed by atoms with Crippen LogP contribution in [0.15, 0.2) is 18.2 Å². The van der Waals surface area contributed by atoms with E-state index in [1.165, 1.54) is 0 Å². The van der Waals surface area contributed by atoms with Crippen LogP contribution in [0.25, 0.3) is 0 Å². The van der Waals surface area contributed by atoms with Crippen molar-refractivity contribution in [3.63, 3.8) is 0 Å². The van der Waals surface area contributed by atoms with Crippen molar-refractivity contribution < 1.29 is 13.2 Å². The lowest BCUT2D eigenvalue weighted by atomic mass is 9.88. The summed E-state index contributed by atoms with van der Waals surface area (Å²) in [5.74, 6) is 0.890. The van der Waals surface area contributed by atoms with E-state index in [1.807, 2.05) is 12.1 Å². The molecule has 0 aliphatic carbocycles. The molecule has 0 bridgehead atoms. The predicted octanol–water partition coefficient (Wildman–Crippen LogP) is 1.12. The molecular formula is C13H18N2O3S. The Morgan fingerprint density at radius 3 is 2.74 bits per heavy atom. The number of anilines is 1. The first kappa shape index (κ1) is 12.7. The van der Waals surface area contributed by atoms with Crippen LogP contribution in [-0.2, 0) is 16.4 Å². The topological polar surface area (TPSA) is 67.4 Å². The van der Waals surface area contributed by atoms with Gasteiger partial charge in [-0.3, -0.25) is 4.72 Å². The van der Waals surface area contributed by atoms with Crippen LogP contribution < -0.4 is 14.8 Å². The normalized spacial score (nSPS) is 20.9. The second kappa shape index (κ2) is 4.38. The number of nitrogens with one attached hydrogen (secondary N) is 2. The van der Waals surface area contributed by atoms with Crippen LogP contribution in [0.4, 0.5) is 5.69 Å². The minimum absolute atomic E-state index is 0.0860. The molecule has 1 saturated heterocycles. The summed E-state index contributed by atoms with van der Waals surface area (Å²) in [4.78, 5) is 0. The van der Waals surface area contributed by atoms with Crippen LogP contribution in [-0.4, -0.2) is 33.4 Å². The van der Waals surface area contributed by atoms with Gasteiger partial charge in [-0.25, -0.2) is 8.42 Å². The minimum Gasteiger partial charge on any atom is -0.487 e. The molecule has 0 amide bonds. The molecule has 6 heteroatoms. The summed E-state index contributed by atoms with van der Waals surface area (Å²) >= 11 is 0. The molecule has 1 aromatic carbocycles. The number of rotatable bonds is 2. The van der Waals surface area contributed by atoms with E-state index in [9.17, 15) is 8.42 Å². The van der Waals surface area contributed by atoms with Gasteiger partial charge in [0.15, 0.2) is 0 Å². The first-order valence-corrected chi connectivity index (χ1v) is 8.35. The van der Waals surface area contributed by atoms with Crippen molar-refractivity contribution >= 4 is 15.7 Å². The van der Waals surface area contributed by atoms with Crippen molar-refractivity contribution in [1.29, 1.82) is 0 Å². The molecule has 1 aromatic rings. The molecular weight excluding hydrogens is 264 g/mol. The Hall–Kier alpha value is -1.27. The Labute approximate surface area is 113 Å². The Morgan fingerprint density at radius 2 is 2.05 bits per heavy atom. The molecule has 2 N–H and O–H groups in total. The van der Waals surface area contributed by atoms with E-state index in [1.54, 1.807) is 6.07 Å². The second-order valence-corrected chi connectivity index (χ2v) is 7.16. The number of hydrogen-bond acceptors (Lipinski definition) is 4.